The van der Waals surface area contributed by atoms with E-state index in [-0.39, 0.29) is 12.1 Å². The lowest BCUT2D eigenvalue weighted by Crippen LogP contribution is -2.54. The number of piperidine rings is 1. The van der Waals surface area contributed by atoms with Gasteiger partial charge in [0.25, 0.3) is 0 Å². The van der Waals surface area contributed by atoms with Crippen molar-refractivity contribution in [3.63, 3.8) is 0 Å². The van der Waals surface area contributed by atoms with Crippen molar-refractivity contribution in [2.75, 3.05) is 6.54 Å². The summed E-state index contributed by atoms with van der Waals surface area (Å²) in [6.45, 7) is -0.323. The van der Waals surface area contributed by atoms with E-state index in [9.17, 15) is 27.5 Å². The Bertz CT molecular complexity index is 795. The number of benzene rings is 2. The second-order valence-corrected chi connectivity index (χ2v) is 6.44. The SMILES string of the molecule is O=C(ON1CC[C@@](O)(C(F)(F)F)C[C@H]1c1ccc(F)cc1)c1ccccc1. The molecule has 0 saturated carbocycles. The van der Waals surface area contributed by atoms with Crippen molar-refractivity contribution in [1.82, 2.24) is 5.06 Å². The molecule has 0 aromatic heterocycles. The van der Waals surface area contributed by atoms with E-state index in [0.29, 0.717) is 5.56 Å². The third-order valence-electron chi connectivity index (χ3n) is 4.62. The van der Waals surface area contributed by atoms with Crippen LogP contribution in [0.15, 0.2) is 54.6 Å². The van der Waals surface area contributed by atoms with Crippen LogP contribution in [0.4, 0.5) is 17.6 Å². The maximum atomic E-state index is 13.3. The van der Waals surface area contributed by atoms with E-state index >= 15 is 0 Å². The molecular formula is C19H17F4NO3. The van der Waals surface area contributed by atoms with E-state index < -0.39 is 42.4 Å². The minimum Gasteiger partial charge on any atom is -0.380 e. The number of carbonyl (C=O) groups is 1. The van der Waals surface area contributed by atoms with E-state index in [4.69, 9.17) is 4.84 Å². The highest BCUT2D eigenvalue weighted by atomic mass is 19.4. The quantitative estimate of drug-likeness (QED) is 0.814. The second kappa shape index (κ2) is 7.28. The van der Waals surface area contributed by atoms with E-state index in [2.05, 4.69) is 0 Å². The van der Waals surface area contributed by atoms with Gasteiger partial charge in [-0.25, -0.2) is 9.18 Å². The average Bonchev–Trinajstić information content (AvgIpc) is 2.64. The van der Waals surface area contributed by atoms with Crippen LogP contribution in [0.2, 0.25) is 0 Å². The maximum absolute atomic E-state index is 13.3. The van der Waals surface area contributed by atoms with Crippen molar-refractivity contribution in [2.24, 2.45) is 0 Å². The number of hydrogen-bond donors (Lipinski definition) is 1. The Labute approximate surface area is 152 Å². The van der Waals surface area contributed by atoms with Crippen molar-refractivity contribution < 1.29 is 32.3 Å². The molecule has 1 fully saturated rings. The third kappa shape index (κ3) is 4.12. The first-order chi connectivity index (χ1) is 12.7. The van der Waals surface area contributed by atoms with E-state index in [0.717, 1.165) is 17.2 Å². The predicted octanol–water partition coefficient (Wildman–Crippen LogP) is 4.03. The van der Waals surface area contributed by atoms with Crippen molar-refractivity contribution in [2.45, 2.75) is 30.7 Å². The molecule has 1 heterocycles. The highest BCUT2D eigenvalue weighted by molar-refractivity contribution is 5.89. The molecule has 2 atom stereocenters. The van der Waals surface area contributed by atoms with Gasteiger partial charge in [0.15, 0.2) is 5.60 Å². The predicted molar refractivity (Wildman–Crippen MR) is 87.9 cm³/mol. The summed E-state index contributed by atoms with van der Waals surface area (Å²) < 4.78 is 53.1. The fraction of sp³-hybridized carbons (Fsp3) is 0.316. The summed E-state index contributed by atoms with van der Waals surface area (Å²) in [5, 5.41) is 11.2. The first-order valence-corrected chi connectivity index (χ1v) is 8.28. The highest BCUT2D eigenvalue weighted by Crippen LogP contribution is 2.45. The lowest BCUT2D eigenvalue weighted by Gasteiger charge is -2.43. The van der Waals surface area contributed by atoms with Crippen LogP contribution in [0.1, 0.15) is 34.8 Å². The van der Waals surface area contributed by atoms with Gasteiger partial charge in [-0.05, 0) is 29.8 Å². The van der Waals surface area contributed by atoms with Gasteiger partial charge in [-0.15, -0.1) is 5.06 Å². The Morgan fingerprint density at radius 3 is 2.33 bits per heavy atom. The summed E-state index contributed by atoms with van der Waals surface area (Å²) in [6, 6.07) is 11.8. The number of carbonyl (C=O) groups excluding carboxylic acids is 1. The number of alkyl halides is 3. The molecule has 0 spiro atoms. The number of rotatable bonds is 3. The molecule has 1 aliphatic rings. The minimum absolute atomic E-state index is 0.243. The number of nitrogens with zero attached hydrogens (tertiary/aromatic N) is 1. The van der Waals surface area contributed by atoms with Crippen molar-refractivity contribution >= 4 is 5.97 Å². The van der Waals surface area contributed by atoms with Crippen LogP contribution in [-0.2, 0) is 4.84 Å². The van der Waals surface area contributed by atoms with Crippen LogP contribution in [0.5, 0.6) is 0 Å². The molecule has 2 aromatic carbocycles. The van der Waals surface area contributed by atoms with Gasteiger partial charge in [-0.3, -0.25) is 0 Å². The molecule has 8 heteroatoms. The standard InChI is InChI=1S/C19H17F4NO3/c20-15-8-6-13(7-9-15)16-12-18(26,19(21,22)23)10-11-24(16)27-17(25)14-4-2-1-3-5-14/h1-9,16,26H,10-12H2/t16-,18-/m0/s1. The monoisotopic (exact) mass is 383 g/mol. The molecule has 4 nitrogen and oxygen atoms in total. The Hall–Kier alpha value is -2.45. The molecule has 0 radical (unpaired) electrons. The van der Waals surface area contributed by atoms with Crippen LogP contribution >= 0.6 is 0 Å². The summed E-state index contributed by atoms with van der Waals surface area (Å²) in [6.07, 6.45) is -6.21. The Kier molecular flexibility index (Phi) is 5.21. The summed E-state index contributed by atoms with van der Waals surface area (Å²) in [7, 11) is 0. The molecule has 0 amide bonds. The molecule has 1 saturated heterocycles. The van der Waals surface area contributed by atoms with Crippen LogP contribution in [-0.4, -0.2) is 34.5 Å². The van der Waals surface area contributed by atoms with Gasteiger partial charge in [-0.1, -0.05) is 30.3 Å². The molecular weight excluding hydrogens is 366 g/mol. The Morgan fingerprint density at radius 1 is 1.11 bits per heavy atom. The highest BCUT2D eigenvalue weighted by Gasteiger charge is 2.57. The summed E-state index contributed by atoms with van der Waals surface area (Å²) in [5.74, 6) is -1.27. The first kappa shape index (κ1) is 19.3. The molecule has 3 rings (SSSR count). The summed E-state index contributed by atoms with van der Waals surface area (Å²) >= 11 is 0. The normalized spacial score (nSPS) is 23.8. The van der Waals surface area contributed by atoms with Gasteiger partial charge in [0.05, 0.1) is 11.6 Å². The zero-order valence-electron chi connectivity index (χ0n) is 14.1. The van der Waals surface area contributed by atoms with Crippen LogP contribution in [0, 0.1) is 5.82 Å². The smallest absolute Gasteiger partial charge is 0.380 e. The lowest BCUT2D eigenvalue weighted by molar-refractivity contribution is -0.296. The first-order valence-electron chi connectivity index (χ1n) is 8.28. The largest absolute Gasteiger partial charge is 0.417 e. The number of hydrogen-bond acceptors (Lipinski definition) is 4. The van der Waals surface area contributed by atoms with E-state index in [1.54, 1.807) is 18.2 Å². The van der Waals surface area contributed by atoms with Gasteiger partial charge < -0.3 is 9.94 Å². The minimum atomic E-state index is -4.83. The van der Waals surface area contributed by atoms with Gasteiger partial charge in [-0.2, -0.15) is 13.2 Å². The fourth-order valence-corrected chi connectivity index (χ4v) is 3.04. The van der Waals surface area contributed by atoms with Crippen molar-refractivity contribution in [3.05, 3.63) is 71.5 Å². The van der Waals surface area contributed by atoms with Crippen LogP contribution in [0.3, 0.4) is 0 Å². The summed E-state index contributed by atoms with van der Waals surface area (Å²) in [5.41, 5.74) is -2.37. The molecule has 0 aliphatic carbocycles. The fourth-order valence-electron chi connectivity index (χ4n) is 3.04. The number of hydroxylamine groups is 2. The molecule has 1 N–H and O–H groups in total. The number of halogens is 4. The lowest BCUT2D eigenvalue weighted by atomic mass is 9.84. The van der Waals surface area contributed by atoms with Gasteiger partial charge >= 0.3 is 12.1 Å². The van der Waals surface area contributed by atoms with Gasteiger partial charge in [0, 0.05) is 19.4 Å². The molecule has 0 unspecified atom stereocenters. The van der Waals surface area contributed by atoms with Crippen molar-refractivity contribution in [3.8, 4) is 0 Å². The van der Waals surface area contributed by atoms with Gasteiger partial charge in [0.1, 0.15) is 5.82 Å². The van der Waals surface area contributed by atoms with Crippen LogP contribution < -0.4 is 0 Å². The average molecular weight is 383 g/mol. The number of aliphatic hydroxyl groups is 1. The molecule has 144 valence electrons. The summed E-state index contributed by atoms with van der Waals surface area (Å²) in [4.78, 5) is 17.6. The molecule has 27 heavy (non-hydrogen) atoms. The second-order valence-electron chi connectivity index (χ2n) is 6.44. The van der Waals surface area contributed by atoms with Crippen LogP contribution in [0.25, 0.3) is 0 Å². The zero-order valence-corrected chi connectivity index (χ0v) is 14.1. The molecule has 2 aromatic rings. The Balaban J connectivity index is 1.87. The third-order valence-corrected chi connectivity index (χ3v) is 4.62. The maximum Gasteiger partial charge on any atom is 0.417 e. The molecule has 1 aliphatic heterocycles. The molecule has 0 bridgehead atoms. The van der Waals surface area contributed by atoms with Crippen molar-refractivity contribution in [1.29, 1.82) is 0 Å². The zero-order chi connectivity index (χ0) is 19.7. The van der Waals surface area contributed by atoms with E-state index in [1.165, 1.54) is 24.3 Å². The Morgan fingerprint density at radius 2 is 1.74 bits per heavy atom. The van der Waals surface area contributed by atoms with E-state index in [1.807, 2.05) is 0 Å². The van der Waals surface area contributed by atoms with Gasteiger partial charge in [0.2, 0.25) is 0 Å². The topological polar surface area (TPSA) is 49.8 Å².